The maximum atomic E-state index is 4.29. The Morgan fingerprint density at radius 2 is 2.22 bits per heavy atom. The Balaban J connectivity index is 1.97. The van der Waals surface area contributed by atoms with Crippen molar-refractivity contribution in [1.82, 2.24) is 4.98 Å². The van der Waals surface area contributed by atoms with Crippen molar-refractivity contribution in [1.29, 1.82) is 0 Å². The molecule has 1 unspecified atom stereocenters. The molecule has 18 heavy (non-hydrogen) atoms. The SMILES string of the molecule is CCCCCC[N+]1(C)CCC[C@H]1c1cccnc1. The molecule has 2 heteroatoms. The lowest BCUT2D eigenvalue weighted by atomic mass is 10.0. The Labute approximate surface area is 112 Å². The summed E-state index contributed by atoms with van der Waals surface area (Å²) in [6.45, 7) is 4.95. The first-order valence-corrected chi connectivity index (χ1v) is 7.50. The molecule has 1 saturated heterocycles. The zero-order valence-electron chi connectivity index (χ0n) is 11.9. The molecule has 0 bridgehead atoms. The maximum absolute atomic E-state index is 4.29. The number of hydrogen-bond donors (Lipinski definition) is 0. The van der Waals surface area contributed by atoms with E-state index in [1.165, 1.54) is 61.7 Å². The molecule has 1 aromatic rings. The third kappa shape index (κ3) is 3.11. The second kappa shape index (κ2) is 6.33. The predicted molar refractivity (Wildman–Crippen MR) is 76.3 cm³/mol. The van der Waals surface area contributed by atoms with E-state index in [-0.39, 0.29) is 0 Å². The van der Waals surface area contributed by atoms with Crippen LogP contribution in [-0.2, 0) is 0 Å². The Bertz CT molecular complexity index is 349. The highest BCUT2D eigenvalue weighted by Crippen LogP contribution is 2.37. The van der Waals surface area contributed by atoms with Gasteiger partial charge < -0.3 is 4.48 Å². The first-order chi connectivity index (χ1) is 8.76. The molecule has 2 atom stereocenters. The summed E-state index contributed by atoms with van der Waals surface area (Å²) in [6.07, 6.45) is 12.1. The fraction of sp³-hybridized carbons (Fsp3) is 0.688. The minimum absolute atomic E-state index is 0.681. The average Bonchev–Trinajstić information content (AvgIpc) is 2.78. The molecule has 0 saturated carbocycles. The van der Waals surface area contributed by atoms with Crippen LogP contribution in [0, 0.1) is 0 Å². The van der Waals surface area contributed by atoms with Gasteiger partial charge in [-0.05, 0) is 18.9 Å². The minimum atomic E-state index is 0.681. The van der Waals surface area contributed by atoms with E-state index in [1.807, 2.05) is 6.20 Å². The third-order valence-electron chi connectivity index (χ3n) is 4.49. The highest BCUT2D eigenvalue weighted by Gasteiger charge is 2.38. The van der Waals surface area contributed by atoms with E-state index in [4.69, 9.17) is 0 Å². The Kier molecular flexibility index (Phi) is 4.76. The zero-order valence-corrected chi connectivity index (χ0v) is 11.9. The normalized spacial score (nSPS) is 27.6. The summed E-state index contributed by atoms with van der Waals surface area (Å²) < 4.78 is 1.23. The van der Waals surface area contributed by atoms with Crippen molar-refractivity contribution >= 4 is 0 Å². The molecule has 0 aliphatic carbocycles. The van der Waals surface area contributed by atoms with Crippen LogP contribution in [0.2, 0.25) is 0 Å². The van der Waals surface area contributed by atoms with Crippen LogP contribution >= 0.6 is 0 Å². The van der Waals surface area contributed by atoms with Gasteiger partial charge in [-0.2, -0.15) is 0 Å². The van der Waals surface area contributed by atoms with E-state index >= 15 is 0 Å². The lowest BCUT2D eigenvalue weighted by Crippen LogP contribution is -2.43. The minimum Gasteiger partial charge on any atom is -0.320 e. The average molecular weight is 247 g/mol. The lowest BCUT2D eigenvalue weighted by molar-refractivity contribution is -0.927. The van der Waals surface area contributed by atoms with Gasteiger partial charge in [0.1, 0.15) is 6.04 Å². The van der Waals surface area contributed by atoms with Gasteiger partial charge in [0, 0.05) is 30.8 Å². The van der Waals surface area contributed by atoms with Crippen LogP contribution in [0.1, 0.15) is 57.1 Å². The highest BCUT2D eigenvalue weighted by atomic mass is 15.4. The smallest absolute Gasteiger partial charge is 0.116 e. The van der Waals surface area contributed by atoms with E-state index in [9.17, 15) is 0 Å². The van der Waals surface area contributed by atoms with Crippen molar-refractivity contribution in [3.05, 3.63) is 30.1 Å². The molecule has 100 valence electrons. The highest BCUT2D eigenvalue weighted by molar-refractivity contribution is 5.12. The summed E-state index contributed by atoms with van der Waals surface area (Å²) in [5.74, 6) is 0. The van der Waals surface area contributed by atoms with E-state index in [0.717, 1.165) is 0 Å². The van der Waals surface area contributed by atoms with Gasteiger partial charge in [0.2, 0.25) is 0 Å². The first-order valence-electron chi connectivity index (χ1n) is 7.50. The van der Waals surface area contributed by atoms with Gasteiger partial charge in [-0.15, -0.1) is 0 Å². The molecular formula is C16H27N2+. The zero-order chi connectivity index (χ0) is 12.8. The molecule has 2 heterocycles. The predicted octanol–water partition coefficient (Wildman–Crippen LogP) is 3.94. The maximum Gasteiger partial charge on any atom is 0.116 e. The number of rotatable bonds is 6. The standard InChI is InChI=1S/C16H27N2/c1-3-4-5-6-12-18(2)13-8-10-16(18)15-9-7-11-17-14-15/h7,9,11,14,16H,3-6,8,10,12-13H2,1-2H3/q+1/t16-,18?/m0/s1. The fourth-order valence-electron chi connectivity index (χ4n) is 3.38. The van der Waals surface area contributed by atoms with E-state index in [0.29, 0.717) is 6.04 Å². The van der Waals surface area contributed by atoms with Crippen LogP contribution in [0.5, 0.6) is 0 Å². The molecule has 0 aromatic carbocycles. The van der Waals surface area contributed by atoms with Crippen molar-refractivity contribution in [2.75, 3.05) is 20.1 Å². The van der Waals surface area contributed by atoms with Crippen molar-refractivity contribution in [3.8, 4) is 0 Å². The third-order valence-corrected chi connectivity index (χ3v) is 4.49. The van der Waals surface area contributed by atoms with Crippen molar-refractivity contribution in [3.63, 3.8) is 0 Å². The quantitative estimate of drug-likeness (QED) is 0.548. The lowest BCUT2D eigenvalue weighted by Gasteiger charge is -2.36. The van der Waals surface area contributed by atoms with Crippen molar-refractivity contribution in [2.24, 2.45) is 0 Å². The molecule has 2 nitrogen and oxygen atoms in total. The van der Waals surface area contributed by atoms with E-state index < -0.39 is 0 Å². The molecule has 1 aliphatic heterocycles. The summed E-state index contributed by atoms with van der Waals surface area (Å²) in [4.78, 5) is 4.29. The van der Waals surface area contributed by atoms with Crippen molar-refractivity contribution < 1.29 is 4.48 Å². The number of pyridine rings is 1. The summed E-state index contributed by atoms with van der Waals surface area (Å²) in [5.41, 5.74) is 1.44. The number of aromatic nitrogens is 1. The van der Waals surface area contributed by atoms with Gasteiger partial charge in [0.15, 0.2) is 0 Å². The molecule has 1 fully saturated rings. The van der Waals surface area contributed by atoms with Gasteiger partial charge >= 0.3 is 0 Å². The Morgan fingerprint density at radius 3 is 2.94 bits per heavy atom. The number of likely N-dealkylation sites (tertiary alicyclic amines) is 1. The Morgan fingerprint density at radius 1 is 1.33 bits per heavy atom. The second-order valence-corrected chi connectivity index (χ2v) is 5.93. The summed E-state index contributed by atoms with van der Waals surface area (Å²) >= 11 is 0. The van der Waals surface area contributed by atoms with Gasteiger partial charge in [0.25, 0.3) is 0 Å². The van der Waals surface area contributed by atoms with Crippen molar-refractivity contribution in [2.45, 2.75) is 51.5 Å². The fourth-order valence-corrected chi connectivity index (χ4v) is 3.38. The van der Waals surface area contributed by atoms with Crippen LogP contribution in [0.4, 0.5) is 0 Å². The number of hydrogen-bond acceptors (Lipinski definition) is 1. The molecular weight excluding hydrogens is 220 g/mol. The van der Waals surface area contributed by atoms with E-state index in [2.05, 4.69) is 37.3 Å². The van der Waals surface area contributed by atoms with Crippen LogP contribution in [0.25, 0.3) is 0 Å². The van der Waals surface area contributed by atoms with Crippen LogP contribution in [-0.4, -0.2) is 29.6 Å². The number of quaternary nitrogens is 1. The monoisotopic (exact) mass is 247 g/mol. The van der Waals surface area contributed by atoms with Crippen LogP contribution in [0.15, 0.2) is 24.5 Å². The largest absolute Gasteiger partial charge is 0.320 e. The van der Waals surface area contributed by atoms with Gasteiger partial charge in [-0.1, -0.05) is 25.8 Å². The summed E-state index contributed by atoms with van der Waals surface area (Å²) in [5, 5.41) is 0. The molecule has 1 aliphatic rings. The molecule has 0 amide bonds. The molecule has 0 spiro atoms. The second-order valence-electron chi connectivity index (χ2n) is 5.93. The molecule has 0 radical (unpaired) electrons. The van der Waals surface area contributed by atoms with Gasteiger partial charge in [0.05, 0.1) is 20.1 Å². The van der Waals surface area contributed by atoms with Crippen LogP contribution < -0.4 is 0 Å². The Hall–Kier alpha value is -0.890. The van der Waals surface area contributed by atoms with Gasteiger partial charge in [-0.25, -0.2) is 0 Å². The molecule has 2 rings (SSSR count). The molecule has 0 N–H and O–H groups in total. The summed E-state index contributed by atoms with van der Waals surface area (Å²) in [6, 6.07) is 5.01. The van der Waals surface area contributed by atoms with Crippen LogP contribution in [0.3, 0.4) is 0 Å². The number of unbranched alkanes of at least 4 members (excludes halogenated alkanes) is 3. The topological polar surface area (TPSA) is 12.9 Å². The summed E-state index contributed by atoms with van der Waals surface area (Å²) in [7, 11) is 2.44. The van der Waals surface area contributed by atoms with Gasteiger partial charge in [-0.3, -0.25) is 4.98 Å². The molecule has 1 aromatic heterocycles. The number of nitrogens with zero attached hydrogens (tertiary/aromatic N) is 2. The first kappa shape index (κ1) is 13.5. The van der Waals surface area contributed by atoms with E-state index in [1.54, 1.807) is 0 Å².